The molecule has 0 unspecified atom stereocenters. The topological polar surface area (TPSA) is 35.5 Å². The van der Waals surface area contributed by atoms with E-state index in [1.165, 1.54) is 25.3 Å². The number of carbonyl (C=O) groups is 1. The summed E-state index contributed by atoms with van der Waals surface area (Å²) < 4.78 is 25.1. The van der Waals surface area contributed by atoms with Gasteiger partial charge in [0.15, 0.2) is 11.3 Å². The fraction of sp³-hybridized carbons (Fsp3) is 0.0952. The lowest BCUT2D eigenvalue weighted by Crippen LogP contribution is -2.09. The lowest BCUT2D eigenvalue weighted by Gasteiger charge is -2.16. The number of methoxy groups -OCH3 is 1. The van der Waals surface area contributed by atoms with Crippen molar-refractivity contribution < 1.29 is 18.7 Å². The van der Waals surface area contributed by atoms with Crippen LogP contribution in [0.25, 0.3) is 11.8 Å². The summed E-state index contributed by atoms with van der Waals surface area (Å²) in [6.45, 7) is 3.88. The second-order valence-electron chi connectivity index (χ2n) is 5.17. The quantitative estimate of drug-likeness (QED) is 0.290. The minimum absolute atomic E-state index is 0.0540. The van der Waals surface area contributed by atoms with Crippen LogP contribution < -0.4 is 0 Å². The number of halogens is 2. The Hall–Kier alpha value is -2.84. The lowest BCUT2D eigenvalue weighted by molar-refractivity contribution is -0.135. The Morgan fingerprint density at radius 3 is 2.62 bits per heavy atom. The molecule has 0 aliphatic heterocycles. The van der Waals surface area contributed by atoms with Crippen molar-refractivity contribution in [2.24, 2.45) is 0 Å². The summed E-state index contributed by atoms with van der Waals surface area (Å²) in [6, 6.07) is 11.9. The normalized spacial score (nSPS) is 11.2. The smallest absolute Gasteiger partial charge is 0.350 e. The van der Waals surface area contributed by atoms with Crippen LogP contribution in [0.3, 0.4) is 0 Å². The van der Waals surface area contributed by atoms with Crippen LogP contribution in [0.2, 0.25) is 0 Å². The molecule has 3 nitrogen and oxygen atoms in total. The number of ether oxygens (including phenoxy) is 2. The zero-order chi connectivity index (χ0) is 19.1. The molecule has 26 heavy (non-hydrogen) atoms. The monoisotopic (exact) mass is 414 g/mol. The summed E-state index contributed by atoms with van der Waals surface area (Å²) in [7, 11) is 1.21. The highest BCUT2D eigenvalue weighted by atomic mass is 79.9. The number of hydrogen-bond acceptors (Lipinski definition) is 3. The molecule has 0 amide bonds. The molecule has 0 atom stereocenters. The van der Waals surface area contributed by atoms with E-state index in [0.29, 0.717) is 15.6 Å². The molecule has 132 valence electrons. The average molecular weight is 415 g/mol. The molecular formula is C21H16BrFO3. The third-order valence-electron chi connectivity index (χ3n) is 3.53. The van der Waals surface area contributed by atoms with Crippen molar-refractivity contribution in [2.75, 3.05) is 7.11 Å². The number of esters is 1. The van der Waals surface area contributed by atoms with Crippen LogP contribution in [0, 0.1) is 18.2 Å². The average Bonchev–Trinajstić information content (AvgIpc) is 2.64. The summed E-state index contributed by atoms with van der Waals surface area (Å²) in [5, 5.41) is 0. The fourth-order valence-electron chi connectivity index (χ4n) is 2.31. The van der Waals surface area contributed by atoms with Gasteiger partial charge in [-0.15, -0.1) is 6.42 Å². The maximum atomic E-state index is 14.0. The highest BCUT2D eigenvalue weighted by Crippen LogP contribution is 2.32. The molecule has 0 saturated heterocycles. The molecule has 0 spiro atoms. The fourth-order valence-corrected chi connectivity index (χ4v) is 2.91. The van der Waals surface area contributed by atoms with Gasteiger partial charge < -0.3 is 9.47 Å². The third-order valence-corrected chi connectivity index (χ3v) is 4.19. The van der Waals surface area contributed by atoms with Crippen molar-refractivity contribution in [3.8, 4) is 12.3 Å². The third kappa shape index (κ3) is 4.41. The van der Waals surface area contributed by atoms with Gasteiger partial charge in [-0.2, -0.15) is 0 Å². The largest absolute Gasteiger partial charge is 0.487 e. The Balaban J connectivity index is 2.62. The zero-order valence-corrected chi connectivity index (χ0v) is 15.7. The summed E-state index contributed by atoms with van der Waals surface area (Å²) in [6.07, 6.45) is 7.03. The zero-order valence-electron chi connectivity index (χ0n) is 14.1. The van der Waals surface area contributed by atoms with E-state index in [-0.39, 0.29) is 17.9 Å². The Kier molecular flexibility index (Phi) is 6.76. The number of terminal acetylenes is 1. The van der Waals surface area contributed by atoms with Crippen LogP contribution in [0.1, 0.15) is 16.7 Å². The van der Waals surface area contributed by atoms with Crippen molar-refractivity contribution in [1.29, 1.82) is 0 Å². The highest BCUT2D eigenvalue weighted by Gasteiger charge is 2.21. The van der Waals surface area contributed by atoms with Gasteiger partial charge in [0.05, 0.1) is 7.11 Å². The second-order valence-corrected chi connectivity index (χ2v) is 6.02. The van der Waals surface area contributed by atoms with Crippen molar-refractivity contribution in [2.45, 2.75) is 6.61 Å². The van der Waals surface area contributed by atoms with Gasteiger partial charge in [-0.25, -0.2) is 9.18 Å². The van der Waals surface area contributed by atoms with Crippen LogP contribution in [0.15, 0.2) is 59.1 Å². The Morgan fingerprint density at radius 1 is 1.35 bits per heavy atom. The van der Waals surface area contributed by atoms with Crippen LogP contribution in [0.4, 0.5) is 4.39 Å². The molecule has 0 radical (unpaired) electrons. The maximum Gasteiger partial charge on any atom is 0.350 e. The molecule has 0 bridgehead atoms. The first-order valence-corrected chi connectivity index (χ1v) is 8.38. The first-order valence-electron chi connectivity index (χ1n) is 7.59. The van der Waals surface area contributed by atoms with Crippen molar-refractivity contribution in [3.63, 3.8) is 0 Å². The van der Waals surface area contributed by atoms with E-state index in [9.17, 15) is 9.18 Å². The van der Waals surface area contributed by atoms with Gasteiger partial charge in [-0.3, -0.25) is 0 Å². The molecule has 0 fully saturated rings. The van der Waals surface area contributed by atoms with E-state index in [0.717, 1.165) is 5.56 Å². The summed E-state index contributed by atoms with van der Waals surface area (Å²) in [5.41, 5.74) is 1.58. The molecule has 0 aliphatic carbocycles. The number of rotatable bonds is 6. The highest BCUT2D eigenvalue weighted by molar-refractivity contribution is 9.10. The summed E-state index contributed by atoms with van der Waals surface area (Å²) in [5.74, 6) is 1.08. The van der Waals surface area contributed by atoms with Gasteiger partial charge in [-0.05, 0) is 23.3 Å². The molecule has 0 saturated carbocycles. The Labute approximate surface area is 160 Å². The Bertz CT molecular complexity index is 895. The Morgan fingerprint density at radius 2 is 2.04 bits per heavy atom. The molecule has 2 aromatic rings. The molecule has 2 rings (SSSR count). The second kappa shape index (κ2) is 9.02. The molecule has 0 aliphatic rings. The van der Waals surface area contributed by atoms with E-state index in [1.807, 2.05) is 30.3 Å². The molecule has 2 aromatic carbocycles. The standard InChI is InChI=1S/C21H16BrFO3/c1-4-16-18(11-15(23)12-19(16)22)20(17(5-2)21(24)25-3)26-13-14-9-7-6-8-10-14/h2,4,6-12H,1,13H2,3H3/b20-17-. The van der Waals surface area contributed by atoms with E-state index < -0.39 is 11.8 Å². The lowest BCUT2D eigenvalue weighted by atomic mass is 10.0. The molecule has 0 aromatic heterocycles. The molecule has 0 heterocycles. The van der Waals surface area contributed by atoms with E-state index in [4.69, 9.17) is 15.9 Å². The predicted molar refractivity (Wildman–Crippen MR) is 103 cm³/mol. The first kappa shape index (κ1) is 19.5. The molecular weight excluding hydrogens is 399 g/mol. The van der Waals surface area contributed by atoms with Crippen molar-refractivity contribution >= 4 is 33.7 Å². The van der Waals surface area contributed by atoms with Gasteiger partial charge in [0, 0.05) is 10.0 Å². The molecule has 5 heteroatoms. The minimum Gasteiger partial charge on any atom is -0.487 e. The SMILES string of the molecule is C#C/C(C(=O)OC)=C(/OCc1ccccc1)c1cc(F)cc(Br)c1C=C. The van der Waals surface area contributed by atoms with Gasteiger partial charge >= 0.3 is 5.97 Å². The number of hydrogen-bond donors (Lipinski definition) is 0. The van der Waals surface area contributed by atoms with Crippen molar-refractivity contribution in [3.05, 3.63) is 81.6 Å². The van der Waals surface area contributed by atoms with Crippen LogP contribution in [-0.2, 0) is 20.9 Å². The van der Waals surface area contributed by atoms with Crippen LogP contribution in [-0.4, -0.2) is 13.1 Å². The minimum atomic E-state index is -0.744. The van der Waals surface area contributed by atoms with E-state index in [2.05, 4.69) is 28.4 Å². The maximum absolute atomic E-state index is 14.0. The number of benzene rings is 2. The van der Waals surface area contributed by atoms with E-state index >= 15 is 0 Å². The predicted octanol–water partition coefficient (Wildman–Crippen LogP) is 4.97. The van der Waals surface area contributed by atoms with Gasteiger partial charge in [0.2, 0.25) is 0 Å². The van der Waals surface area contributed by atoms with Gasteiger partial charge in [0.25, 0.3) is 0 Å². The van der Waals surface area contributed by atoms with Crippen molar-refractivity contribution in [1.82, 2.24) is 0 Å². The van der Waals surface area contributed by atoms with Crippen LogP contribution >= 0.6 is 15.9 Å². The molecule has 0 N–H and O–H groups in total. The van der Waals surface area contributed by atoms with Gasteiger partial charge in [-0.1, -0.05) is 64.8 Å². The van der Waals surface area contributed by atoms with Gasteiger partial charge in [0.1, 0.15) is 12.4 Å². The first-order chi connectivity index (χ1) is 12.5. The van der Waals surface area contributed by atoms with E-state index in [1.54, 1.807) is 0 Å². The number of carbonyl (C=O) groups excluding carboxylic acids is 1. The van der Waals surface area contributed by atoms with Crippen LogP contribution in [0.5, 0.6) is 0 Å². The summed E-state index contributed by atoms with van der Waals surface area (Å²) >= 11 is 3.29. The summed E-state index contributed by atoms with van der Waals surface area (Å²) in [4.78, 5) is 12.1.